The van der Waals surface area contributed by atoms with Crippen molar-refractivity contribution < 1.29 is 9.53 Å². The number of esters is 1. The quantitative estimate of drug-likeness (QED) is 0.780. The van der Waals surface area contributed by atoms with Crippen molar-refractivity contribution in [3.63, 3.8) is 0 Å². The summed E-state index contributed by atoms with van der Waals surface area (Å²) in [5.74, 6) is 0.773. The second kappa shape index (κ2) is 6.05. The summed E-state index contributed by atoms with van der Waals surface area (Å²) >= 11 is 0. The molecule has 0 spiro atoms. The summed E-state index contributed by atoms with van der Waals surface area (Å²) in [5, 5.41) is 0. The third-order valence-electron chi connectivity index (χ3n) is 3.34. The van der Waals surface area contributed by atoms with E-state index in [1.807, 2.05) is 20.8 Å². The molecule has 0 aromatic heterocycles. The second-order valence-corrected chi connectivity index (χ2v) is 6.20. The lowest BCUT2D eigenvalue weighted by atomic mass is 9.89. The van der Waals surface area contributed by atoms with Crippen LogP contribution in [-0.4, -0.2) is 17.6 Å². The van der Waals surface area contributed by atoms with Gasteiger partial charge in [0.05, 0.1) is 5.92 Å². The Bertz CT molecular complexity index is 261. The molecule has 0 amide bonds. The van der Waals surface area contributed by atoms with Crippen LogP contribution in [0.3, 0.4) is 0 Å². The van der Waals surface area contributed by atoms with E-state index in [4.69, 9.17) is 10.5 Å². The fourth-order valence-electron chi connectivity index (χ4n) is 2.49. The van der Waals surface area contributed by atoms with Gasteiger partial charge in [-0.15, -0.1) is 12.4 Å². The molecule has 1 saturated carbocycles. The molecule has 102 valence electrons. The topological polar surface area (TPSA) is 52.3 Å². The van der Waals surface area contributed by atoms with Crippen molar-refractivity contribution in [2.75, 3.05) is 0 Å². The van der Waals surface area contributed by atoms with E-state index in [0.29, 0.717) is 11.8 Å². The summed E-state index contributed by atoms with van der Waals surface area (Å²) in [7, 11) is 0. The zero-order chi connectivity index (χ0) is 12.5. The lowest BCUT2D eigenvalue weighted by molar-refractivity contribution is -0.160. The normalized spacial score (nSPS) is 29.0. The first-order valence-corrected chi connectivity index (χ1v) is 6.21. The lowest BCUT2D eigenvalue weighted by Crippen LogP contribution is -2.40. The van der Waals surface area contributed by atoms with Crippen LogP contribution in [0.1, 0.15) is 47.5 Å². The molecule has 1 rings (SSSR count). The summed E-state index contributed by atoms with van der Waals surface area (Å²) in [4.78, 5) is 11.9. The maximum absolute atomic E-state index is 11.9. The maximum atomic E-state index is 11.9. The average Bonchev–Trinajstić information content (AvgIpc) is 2.43. The molecule has 3 atom stereocenters. The highest BCUT2D eigenvalue weighted by molar-refractivity contribution is 5.85. The lowest BCUT2D eigenvalue weighted by Gasteiger charge is -2.26. The van der Waals surface area contributed by atoms with Crippen LogP contribution >= 0.6 is 12.4 Å². The van der Waals surface area contributed by atoms with Crippen molar-refractivity contribution in [3.8, 4) is 0 Å². The van der Waals surface area contributed by atoms with E-state index in [9.17, 15) is 4.79 Å². The Kier molecular flexibility index (Phi) is 5.95. The molecule has 0 bridgehead atoms. The van der Waals surface area contributed by atoms with Crippen LogP contribution in [0.4, 0.5) is 0 Å². The Labute approximate surface area is 111 Å². The van der Waals surface area contributed by atoms with Gasteiger partial charge < -0.3 is 10.5 Å². The number of halogens is 1. The Hall–Kier alpha value is -0.280. The van der Waals surface area contributed by atoms with Crippen molar-refractivity contribution >= 4 is 18.4 Å². The molecule has 0 saturated heterocycles. The number of hydrogen-bond donors (Lipinski definition) is 1. The summed E-state index contributed by atoms with van der Waals surface area (Å²) in [6, 6.07) is -0.0325. The molecule has 1 fully saturated rings. The monoisotopic (exact) mass is 263 g/mol. The van der Waals surface area contributed by atoms with E-state index in [0.717, 1.165) is 12.8 Å². The van der Waals surface area contributed by atoms with Gasteiger partial charge in [0.25, 0.3) is 0 Å². The summed E-state index contributed by atoms with van der Waals surface area (Å²) < 4.78 is 5.40. The minimum absolute atomic E-state index is 0. The molecule has 0 heterocycles. The largest absolute Gasteiger partial charge is 0.460 e. The third kappa shape index (κ3) is 4.47. The van der Waals surface area contributed by atoms with Crippen LogP contribution in [0.5, 0.6) is 0 Å². The van der Waals surface area contributed by atoms with Crippen molar-refractivity contribution in [2.24, 2.45) is 23.5 Å². The van der Waals surface area contributed by atoms with Crippen molar-refractivity contribution in [2.45, 2.75) is 59.1 Å². The van der Waals surface area contributed by atoms with Crippen molar-refractivity contribution in [3.05, 3.63) is 0 Å². The first-order chi connectivity index (χ1) is 7.22. The summed E-state index contributed by atoms with van der Waals surface area (Å²) in [5.41, 5.74) is 5.73. The highest BCUT2D eigenvalue weighted by Crippen LogP contribution is 2.36. The molecule has 0 aromatic rings. The zero-order valence-corrected chi connectivity index (χ0v) is 12.3. The van der Waals surface area contributed by atoms with Crippen LogP contribution in [0.2, 0.25) is 0 Å². The average molecular weight is 264 g/mol. The van der Waals surface area contributed by atoms with E-state index >= 15 is 0 Å². The number of nitrogens with two attached hydrogens (primary N) is 1. The van der Waals surface area contributed by atoms with E-state index in [1.54, 1.807) is 0 Å². The van der Waals surface area contributed by atoms with Gasteiger partial charge in [-0.2, -0.15) is 0 Å². The molecule has 2 N–H and O–H groups in total. The van der Waals surface area contributed by atoms with E-state index in [1.165, 1.54) is 0 Å². The van der Waals surface area contributed by atoms with Gasteiger partial charge in [-0.1, -0.05) is 13.8 Å². The van der Waals surface area contributed by atoms with Gasteiger partial charge in [-0.3, -0.25) is 4.79 Å². The van der Waals surface area contributed by atoms with Gasteiger partial charge in [0.15, 0.2) is 0 Å². The van der Waals surface area contributed by atoms with Gasteiger partial charge >= 0.3 is 5.97 Å². The number of hydrogen-bond acceptors (Lipinski definition) is 3. The molecule has 3 nitrogen and oxygen atoms in total. The molecule has 4 heteroatoms. The molecule has 0 aliphatic heterocycles. The SMILES string of the molecule is CC(C)[C@@H]1CC[C@@H](C(=O)OC(C)(C)C)[C@H]1N.Cl. The van der Waals surface area contributed by atoms with Crippen molar-refractivity contribution in [1.29, 1.82) is 0 Å². The van der Waals surface area contributed by atoms with E-state index in [2.05, 4.69) is 13.8 Å². The smallest absolute Gasteiger partial charge is 0.311 e. The fourth-order valence-corrected chi connectivity index (χ4v) is 2.49. The number of rotatable bonds is 2. The van der Waals surface area contributed by atoms with E-state index < -0.39 is 5.60 Å². The predicted octanol–water partition coefficient (Wildman–Crippen LogP) is 2.76. The molecular weight excluding hydrogens is 238 g/mol. The fraction of sp³-hybridized carbons (Fsp3) is 0.923. The minimum Gasteiger partial charge on any atom is -0.460 e. The minimum atomic E-state index is -0.410. The van der Waals surface area contributed by atoms with Gasteiger partial charge in [-0.25, -0.2) is 0 Å². The molecule has 1 aliphatic carbocycles. The van der Waals surface area contributed by atoms with Crippen LogP contribution in [0.25, 0.3) is 0 Å². The Morgan fingerprint density at radius 3 is 2.18 bits per heavy atom. The molecule has 0 radical (unpaired) electrons. The number of ether oxygens (including phenoxy) is 1. The zero-order valence-electron chi connectivity index (χ0n) is 11.5. The summed E-state index contributed by atoms with van der Waals surface area (Å²) in [6.45, 7) is 10.0. The molecule has 0 unspecified atom stereocenters. The summed E-state index contributed by atoms with van der Waals surface area (Å²) in [6.07, 6.45) is 1.92. The number of carbonyl (C=O) groups is 1. The van der Waals surface area contributed by atoms with Crippen LogP contribution < -0.4 is 5.73 Å². The molecule has 17 heavy (non-hydrogen) atoms. The number of carbonyl (C=O) groups excluding carboxylic acids is 1. The molecular formula is C13H26ClNO2. The van der Waals surface area contributed by atoms with Gasteiger partial charge in [0.2, 0.25) is 0 Å². The van der Waals surface area contributed by atoms with Crippen LogP contribution in [0, 0.1) is 17.8 Å². The highest BCUT2D eigenvalue weighted by Gasteiger charge is 2.40. The van der Waals surface area contributed by atoms with Crippen LogP contribution in [-0.2, 0) is 9.53 Å². The standard InChI is InChI=1S/C13H25NO2.ClH/c1-8(2)9-6-7-10(11(9)14)12(15)16-13(3,4)5;/h8-11H,6-7,14H2,1-5H3;1H/t9-,10+,11-;/m0./s1. The van der Waals surface area contributed by atoms with Gasteiger partial charge in [0.1, 0.15) is 5.60 Å². The van der Waals surface area contributed by atoms with Gasteiger partial charge in [-0.05, 0) is 45.4 Å². The third-order valence-corrected chi connectivity index (χ3v) is 3.34. The van der Waals surface area contributed by atoms with Crippen molar-refractivity contribution in [1.82, 2.24) is 0 Å². The first kappa shape index (κ1) is 16.7. The first-order valence-electron chi connectivity index (χ1n) is 6.21. The second-order valence-electron chi connectivity index (χ2n) is 6.20. The van der Waals surface area contributed by atoms with Crippen LogP contribution in [0.15, 0.2) is 0 Å². The molecule has 0 aromatic carbocycles. The Morgan fingerprint density at radius 2 is 1.82 bits per heavy atom. The van der Waals surface area contributed by atoms with E-state index in [-0.39, 0.29) is 30.3 Å². The maximum Gasteiger partial charge on any atom is 0.311 e. The Balaban J connectivity index is 0.00000256. The highest BCUT2D eigenvalue weighted by atomic mass is 35.5. The predicted molar refractivity (Wildman–Crippen MR) is 72.1 cm³/mol. The Morgan fingerprint density at radius 1 is 1.29 bits per heavy atom. The molecule has 1 aliphatic rings. The van der Waals surface area contributed by atoms with Gasteiger partial charge in [0, 0.05) is 6.04 Å².